The predicted molar refractivity (Wildman–Crippen MR) is 166 cm³/mol. The van der Waals surface area contributed by atoms with Crippen LogP contribution >= 0.6 is 0 Å². The molecule has 13 heteroatoms. The van der Waals surface area contributed by atoms with E-state index in [4.69, 9.17) is 10.7 Å². The first-order valence-electron chi connectivity index (χ1n) is 15.1. The number of pyridine rings is 1. The third kappa shape index (κ3) is 5.51. The Morgan fingerprint density at radius 3 is 2.36 bits per heavy atom. The van der Waals surface area contributed by atoms with Crippen molar-refractivity contribution in [1.82, 2.24) is 24.3 Å². The number of aromatic nitrogens is 3. The average molecular weight is 615 g/mol. The lowest BCUT2D eigenvalue weighted by Gasteiger charge is -2.45. The summed E-state index contributed by atoms with van der Waals surface area (Å²) in [5.41, 5.74) is 4.14. The molecule has 1 aliphatic carbocycles. The minimum absolute atomic E-state index is 0.0272. The Kier molecular flexibility index (Phi) is 8.40. The van der Waals surface area contributed by atoms with E-state index in [0.29, 0.717) is 50.8 Å². The van der Waals surface area contributed by atoms with Gasteiger partial charge in [-0.15, -0.1) is 0 Å². The second-order valence-corrected chi connectivity index (χ2v) is 12.1. The Morgan fingerprint density at radius 2 is 1.80 bits per heavy atom. The monoisotopic (exact) mass is 614 g/mol. The first kappa shape index (κ1) is 31.7. The molecule has 2 aromatic rings. The van der Waals surface area contributed by atoms with Crippen molar-refractivity contribution < 1.29 is 18.0 Å². The fourth-order valence-corrected chi connectivity index (χ4v) is 6.39. The Labute approximate surface area is 255 Å². The van der Waals surface area contributed by atoms with Gasteiger partial charge in [-0.25, -0.2) is 4.98 Å². The maximum absolute atomic E-state index is 14.8. The first-order valence-corrected chi connectivity index (χ1v) is 15.1. The Hall–Kier alpha value is -3.71. The van der Waals surface area contributed by atoms with Gasteiger partial charge < -0.3 is 20.4 Å². The van der Waals surface area contributed by atoms with Gasteiger partial charge in [0.1, 0.15) is 17.0 Å². The number of nitrogens with zero attached hydrogens (tertiary/aromatic N) is 7. The number of anilines is 2. The Morgan fingerprint density at radius 1 is 1.16 bits per heavy atom. The summed E-state index contributed by atoms with van der Waals surface area (Å²) in [6.07, 6.45) is -0.194. The van der Waals surface area contributed by atoms with E-state index in [1.54, 1.807) is 37.8 Å². The third-order valence-corrected chi connectivity index (χ3v) is 9.35. The second-order valence-electron chi connectivity index (χ2n) is 12.1. The van der Waals surface area contributed by atoms with Gasteiger partial charge in [-0.2, -0.15) is 18.2 Å². The zero-order chi connectivity index (χ0) is 32.1. The van der Waals surface area contributed by atoms with Crippen LogP contribution in [0.4, 0.5) is 24.9 Å². The number of carbonyl (C=O) groups is 1. The van der Waals surface area contributed by atoms with Crippen LogP contribution in [-0.4, -0.2) is 94.2 Å². The summed E-state index contributed by atoms with van der Waals surface area (Å²) < 4.78 is 45.2. The highest BCUT2D eigenvalue weighted by molar-refractivity contribution is 5.92. The normalized spacial score (nSPS) is 23.1. The molecule has 2 aromatic heterocycles. The topological polar surface area (TPSA) is 104 Å². The van der Waals surface area contributed by atoms with E-state index in [1.807, 2.05) is 9.80 Å². The number of nitrogens with two attached hydrogens (primary N) is 1. The van der Waals surface area contributed by atoms with Crippen molar-refractivity contribution in [2.75, 3.05) is 62.2 Å². The highest BCUT2D eigenvalue weighted by Crippen LogP contribution is 2.40. The number of hydrogen-bond donors (Lipinski definition) is 1. The number of fused-ring (bicyclic) bond motifs is 1. The molecule has 2 atom stereocenters. The van der Waals surface area contributed by atoms with E-state index in [9.17, 15) is 22.8 Å². The molecule has 3 aliphatic rings. The molecular weight excluding hydrogens is 573 g/mol. The smallest absolute Gasteiger partial charge is 0.352 e. The second kappa shape index (κ2) is 11.7. The highest BCUT2D eigenvalue weighted by Gasteiger charge is 2.41. The lowest BCUT2D eigenvalue weighted by Crippen LogP contribution is -2.60. The van der Waals surface area contributed by atoms with Crippen LogP contribution in [-0.2, 0) is 11.0 Å². The van der Waals surface area contributed by atoms with E-state index in [0.717, 1.165) is 23.7 Å². The lowest BCUT2D eigenvalue weighted by molar-refractivity contribution is -0.142. The molecule has 0 radical (unpaired) electrons. The van der Waals surface area contributed by atoms with Gasteiger partial charge >= 0.3 is 6.18 Å². The van der Waals surface area contributed by atoms with Gasteiger partial charge in [0.05, 0.1) is 5.39 Å². The van der Waals surface area contributed by atoms with Crippen molar-refractivity contribution in [2.45, 2.75) is 52.4 Å². The number of amides is 1. The average Bonchev–Trinajstić information content (AvgIpc) is 2.96. The molecule has 2 aliphatic heterocycles. The van der Waals surface area contributed by atoms with Crippen LogP contribution in [0.3, 0.4) is 0 Å². The fourth-order valence-electron chi connectivity index (χ4n) is 6.39. The number of hydrogen-bond acceptors (Lipinski definition) is 8. The molecule has 0 saturated carbocycles. The van der Waals surface area contributed by atoms with Crippen LogP contribution < -0.4 is 21.1 Å². The van der Waals surface area contributed by atoms with Gasteiger partial charge in [0.25, 0.3) is 5.56 Å². The van der Waals surface area contributed by atoms with E-state index >= 15 is 0 Å². The quantitative estimate of drug-likeness (QED) is 0.474. The van der Waals surface area contributed by atoms with Crippen LogP contribution in [0.15, 0.2) is 41.2 Å². The molecule has 2 N–H and O–H groups in total. The van der Waals surface area contributed by atoms with Crippen LogP contribution in [0, 0.1) is 5.92 Å². The number of likely N-dealkylation sites (N-methyl/N-ethyl adjacent to an activating group) is 1. The molecule has 10 nitrogen and oxygen atoms in total. The molecule has 0 spiro atoms. The molecule has 1 amide bonds. The van der Waals surface area contributed by atoms with Crippen LogP contribution in [0.5, 0.6) is 0 Å². The molecule has 5 rings (SSSR count). The van der Waals surface area contributed by atoms with Crippen molar-refractivity contribution in [2.24, 2.45) is 11.7 Å². The summed E-state index contributed by atoms with van der Waals surface area (Å²) in [6.45, 7) is 17.3. The zero-order valence-corrected chi connectivity index (χ0v) is 26.0. The summed E-state index contributed by atoms with van der Waals surface area (Å²) in [6, 6.07) is 1.28. The highest BCUT2D eigenvalue weighted by atomic mass is 19.4. The van der Waals surface area contributed by atoms with Gasteiger partial charge in [-0.1, -0.05) is 39.5 Å². The van der Waals surface area contributed by atoms with Gasteiger partial charge in [0.2, 0.25) is 11.9 Å². The van der Waals surface area contributed by atoms with Gasteiger partial charge in [-0.05, 0) is 44.7 Å². The van der Waals surface area contributed by atoms with Crippen molar-refractivity contribution in [3.05, 3.63) is 52.5 Å². The molecule has 2 unspecified atom stereocenters. The Bertz CT molecular complexity index is 1580. The fraction of sp³-hybridized carbons (Fsp3) is 0.548. The summed E-state index contributed by atoms with van der Waals surface area (Å²) in [4.78, 5) is 43.7. The number of carbonyl (C=O) groups excluding carboxylic acids is 1. The number of piperazine rings is 1. The molecule has 0 bridgehead atoms. The summed E-state index contributed by atoms with van der Waals surface area (Å²) in [5.74, 6) is -0.253. The largest absolute Gasteiger partial charge is 0.431 e. The zero-order valence-electron chi connectivity index (χ0n) is 26.0. The molecule has 4 heterocycles. The molecule has 0 aromatic carbocycles. The number of halogens is 3. The van der Waals surface area contributed by atoms with E-state index in [1.165, 1.54) is 6.08 Å². The van der Waals surface area contributed by atoms with Gasteiger partial charge in [0.15, 0.2) is 0 Å². The predicted octanol–water partition coefficient (Wildman–Crippen LogP) is 3.33. The SMILES string of the molecule is C=CC(=O)N1CCN(c2nc(N3CC(N(CC)CC)C3)nc3c(=O)n(C4=C(C)C=CC(C)(N)C4C)c(C(F)(F)F)cc23)CC1. The lowest BCUT2D eigenvalue weighted by atomic mass is 9.79. The summed E-state index contributed by atoms with van der Waals surface area (Å²) in [5, 5.41) is 0.0272. The number of allylic oxidation sites excluding steroid dienone is 2. The minimum Gasteiger partial charge on any atom is -0.352 e. The van der Waals surface area contributed by atoms with Crippen molar-refractivity contribution in [1.29, 1.82) is 0 Å². The third-order valence-electron chi connectivity index (χ3n) is 9.35. The van der Waals surface area contributed by atoms with Crippen molar-refractivity contribution in [3.8, 4) is 0 Å². The first-order chi connectivity index (χ1) is 20.7. The van der Waals surface area contributed by atoms with Crippen LogP contribution in [0.2, 0.25) is 0 Å². The molecule has 2 fully saturated rings. The standard InChI is InChI=1S/C31H41F3N8O2/c1-7-24(43)39-12-14-40(15-13-39)27-22-16-23(31(32,33)34)42(26-19(4)10-11-30(6,35)20(26)5)28(44)25(22)36-29(37-27)41-17-21(18-41)38(8-2)9-3/h7,10-11,16,20-21H,1,8-9,12-15,17-18,35H2,2-6H3. The van der Waals surface area contributed by atoms with E-state index in [2.05, 4.69) is 30.3 Å². The van der Waals surface area contributed by atoms with Crippen LogP contribution in [0.1, 0.15) is 40.3 Å². The van der Waals surface area contributed by atoms with E-state index in [-0.39, 0.29) is 34.4 Å². The van der Waals surface area contributed by atoms with Gasteiger partial charge in [-0.3, -0.25) is 19.1 Å². The minimum atomic E-state index is -4.86. The van der Waals surface area contributed by atoms with Crippen molar-refractivity contribution in [3.63, 3.8) is 0 Å². The summed E-state index contributed by atoms with van der Waals surface area (Å²) in [7, 11) is 0. The summed E-state index contributed by atoms with van der Waals surface area (Å²) >= 11 is 0. The van der Waals surface area contributed by atoms with Crippen LogP contribution in [0.25, 0.3) is 16.6 Å². The van der Waals surface area contributed by atoms with E-state index < -0.39 is 28.9 Å². The number of alkyl halides is 3. The molecule has 2 saturated heterocycles. The maximum Gasteiger partial charge on any atom is 0.431 e. The molecular formula is C31H41F3N8O2. The number of rotatable bonds is 7. The van der Waals surface area contributed by atoms with Crippen molar-refractivity contribution >= 4 is 34.3 Å². The molecule has 238 valence electrons. The molecule has 44 heavy (non-hydrogen) atoms. The maximum atomic E-state index is 14.8. The Balaban J connectivity index is 1.71. The van der Waals surface area contributed by atoms with Gasteiger partial charge in [0, 0.05) is 62.5 Å².